The molecule has 0 aliphatic carbocycles. The fourth-order valence-electron chi connectivity index (χ4n) is 0.717. The molecule has 0 bridgehead atoms. The summed E-state index contributed by atoms with van der Waals surface area (Å²) < 4.78 is 0. The van der Waals surface area contributed by atoms with E-state index in [-0.39, 0.29) is 46.4 Å². The van der Waals surface area contributed by atoms with E-state index in [1.807, 2.05) is 0 Å². The minimum atomic E-state index is -0.603. The van der Waals surface area contributed by atoms with Crippen LogP contribution in [0.4, 0.5) is 0 Å². The van der Waals surface area contributed by atoms with Gasteiger partial charge in [0.05, 0.1) is 10.0 Å². The van der Waals surface area contributed by atoms with Crippen LogP contribution >= 0.6 is 23.2 Å². The summed E-state index contributed by atoms with van der Waals surface area (Å²) in [7, 11) is 0. The number of benzene rings is 1. The van der Waals surface area contributed by atoms with Gasteiger partial charge in [0.1, 0.15) is 0 Å². The molecule has 2 nitrogen and oxygen atoms in total. The molecule has 5 heteroatoms. The topological polar surface area (TPSA) is 34.1 Å². The van der Waals surface area contributed by atoms with E-state index < -0.39 is 5.78 Å². The zero-order valence-corrected chi connectivity index (χ0v) is 10.4. The van der Waals surface area contributed by atoms with Crippen LogP contribution in [0.3, 0.4) is 0 Å². The quantitative estimate of drug-likeness (QED) is 0.334. The second kappa shape index (κ2) is 5.78. The molecule has 0 fully saturated rings. The summed E-state index contributed by atoms with van der Waals surface area (Å²) in [5.41, 5.74) is 0.249. The van der Waals surface area contributed by atoms with Crippen molar-refractivity contribution in [3.8, 4) is 0 Å². The molecule has 0 spiro atoms. The first-order chi connectivity index (χ1) is 5.65. The first-order valence-corrected chi connectivity index (χ1v) is 3.85. The van der Waals surface area contributed by atoms with Gasteiger partial charge in [-0.3, -0.25) is 9.59 Å². The maximum atomic E-state index is 10.8. The minimum absolute atomic E-state index is 0. The van der Waals surface area contributed by atoms with E-state index in [2.05, 4.69) is 0 Å². The largest absolute Gasteiger partial charge is 0.294 e. The van der Waals surface area contributed by atoms with Crippen LogP contribution in [0.15, 0.2) is 18.2 Å². The molecule has 0 N–H and O–H groups in total. The molecule has 0 amide bonds. The molecular formula is C8H4Cl2NaO2. The number of carbonyl (C=O) groups is 2. The summed E-state index contributed by atoms with van der Waals surface area (Å²) in [6.07, 6.45) is 0.236. The van der Waals surface area contributed by atoms with Gasteiger partial charge in [0.15, 0.2) is 6.29 Å². The fraction of sp³-hybridized carbons (Fsp3) is 0. The van der Waals surface area contributed by atoms with Crippen LogP contribution in [0.2, 0.25) is 10.0 Å². The number of hydrogen-bond donors (Lipinski definition) is 0. The number of carbonyl (C=O) groups excluding carboxylic acids is 2. The minimum Gasteiger partial charge on any atom is -0.294 e. The Hall–Kier alpha value is 0.140. The van der Waals surface area contributed by atoms with Gasteiger partial charge in [0, 0.05) is 35.1 Å². The van der Waals surface area contributed by atoms with Crippen LogP contribution in [-0.4, -0.2) is 41.6 Å². The van der Waals surface area contributed by atoms with Crippen molar-refractivity contribution in [2.24, 2.45) is 0 Å². The van der Waals surface area contributed by atoms with Gasteiger partial charge in [-0.05, 0) is 18.2 Å². The zero-order chi connectivity index (χ0) is 9.14. The van der Waals surface area contributed by atoms with Crippen molar-refractivity contribution in [3.63, 3.8) is 0 Å². The summed E-state index contributed by atoms with van der Waals surface area (Å²) in [6.45, 7) is 0. The molecule has 1 rings (SSSR count). The van der Waals surface area contributed by atoms with Gasteiger partial charge in [0.2, 0.25) is 5.78 Å². The van der Waals surface area contributed by atoms with Crippen LogP contribution in [0.1, 0.15) is 10.4 Å². The standard InChI is InChI=1S/C8H4Cl2O2.Na/c9-6-2-1-5(3-7(6)10)8(12)4-11;/h1-4H;. The number of rotatable bonds is 2. The molecule has 0 saturated heterocycles. The van der Waals surface area contributed by atoms with Crippen molar-refractivity contribution in [2.75, 3.05) is 0 Å². The third kappa shape index (κ3) is 3.41. The van der Waals surface area contributed by atoms with Gasteiger partial charge in [-0.25, -0.2) is 0 Å². The Labute approximate surface area is 108 Å². The van der Waals surface area contributed by atoms with E-state index in [0.717, 1.165) is 0 Å². The Bertz CT molecular complexity index is 339. The van der Waals surface area contributed by atoms with E-state index >= 15 is 0 Å². The maximum absolute atomic E-state index is 10.8. The number of hydrogen-bond acceptors (Lipinski definition) is 2. The third-order valence-corrected chi connectivity index (χ3v) is 2.05. The predicted molar refractivity (Wildman–Crippen MR) is 52.6 cm³/mol. The van der Waals surface area contributed by atoms with Crippen molar-refractivity contribution < 1.29 is 9.59 Å². The maximum Gasteiger partial charge on any atom is 0.225 e. The molecule has 0 heterocycles. The van der Waals surface area contributed by atoms with Crippen molar-refractivity contribution in [1.82, 2.24) is 0 Å². The Morgan fingerprint density at radius 1 is 1.23 bits per heavy atom. The summed E-state index contributed by atoms with van der Waals surface area (Å²) in [6, 6.07) is 4.28. The summed E-state index contributed by atoms with van der Waals surface area (Å²) >= 11 is 11.2. The molecule has 0 aliphatic rings. The second-order valence-corrected chi connectivity index (χ2v) is 2.93. The average Bonchev–Trinajstić information content (AvgIpc) is 2.08. The Morgan fingerprint density at radius 2 is 1.85 bits per heavy atom. The molecule has 0 atom stereocenters. The average molecular weight is 226 g/mol. The molecule has 0 unspecified atom stereocenters. The third-order valence-electron chi connectivity index (χ3n) is 1.31. The van der Waals surface area contributed by atoms with Gasteiger partial charge in [-0.15, -0.1) is 0 Å². The van der Waals surface area contributed by atoms with E-state index in [1.165, 1.54) is 18.2 Å². The Morgan fingerprint density at radius 3 is 2.31 bits per heavy atom. The van der Waals surface area contributed by atoms with E-state index in [4.69, 9.17) is 23.2 Å². The summed E-state index contributed by atoms with van der Waals surface area (Å²) in [4.78, 5) is 20.9. The monoisotopic (exact) mass is 225 g/mol. The normalized spacial score (nSPS) is 8.77. The van der Waals surface area contributed by atoms with E-state index in [1.54, 1.807) is 0 Å². The molecule has 13 heavy (non-hydrogen) atoms. The van der Waals surface area contributed by atoms with Gasteiger partial charge in [-0.1, -0.05) is 23.2 Å². The Balaban J connectivity index is 0.00000144. The van der Waals surface area contributed by atoms with Gasteiger partial charge in [-0.2, -0.15) is 0 Å². The fourth-order valence-corrected chi connectivity index (χ4v) is 1.02. The molecule has 0 aliphatic heterocycles. The van der Waals surface area contributed by atoms with Crippen LogP contribution in [0.25, 0.3) is 0 Å². The number of Topliss-reactive ketones (excluding diaryl/α,β-unsaturated/α-hetero) is 1. The van der Waals surface area contributed by atoms with Crippen molar-refractivity contribution in [3.05, 3.63) is 33.8 Å². The van der Waals surface area contributed by atoms with Gasteiger partial charge >= 0.3 is 0 Å². The predicted octanol–water partition coefficient (Wildman–Crippen LogP) is 1.99. The second-order valence-electron chi connectivity index (χ2n) is 2.11. The van der Waals surface area contributed by atoms with Gasteiger partial charge in [0.25, 0.3) is 0 Å². The molecule has 63 valence electrons. The van der Waals surface area contributed by atoms with Crippen LogP contribution < -0.4 is 0 Å². The van der Waals surface area contributed by atoms with Crippen molar-refractivity contribution in [1.29, 1.82) is 0 Å². The summed E-state index contributed by atoms with van der Waals surface area (Å²) in [5, 5.41) is 0.628. The molecule has 1 aromatic rings. The van der Waals surface area contributed by atoms with E-state index in [0.29, 0.717) is 5.02 Å². The van der Waals surface area contributed by atoms with Crippen LogP contribution in [-0.2, 0) is 4.79 Å². The number of halogens is 2. The smallest absolute Gasteiger partial charge is 0.225 e. The van der Waals surface area contributed by atoms with Gasteiger partial charge < -0.3 is 0 Å². The number of aldehydes is 1. The SMILES string of the molecule is O=CC(=O)c1ccc(Cl)c(Cl)c1.[Na]. The summed E-state index contributed by atoms with van der Waals surface area (Å²) in [5.74, 6) is -0.603. The molecule has 1 aromatic carbocycles. The molecule has 0 aromatic heterocycles. The molecule has 0 saturated carbocycles. The molecular weight excluding hydrogens is 222 g/mol. The van der Waals surface area contributed by atoms with E-state index in [9.17, 15) is 9.59 Å². The zero-order valence-electron chi connectivity index (χ0n) is 6.88. The van der Waals surface area contributed by atoms with Crippen LogP contribution in [0, 0.1) is 0 Å². The van der Waals surface area contributed by atoms with Crippen molar-refractivity contribution in [2.45, 2.75) is 0 Å². The first kappa shape index (κ1) is 13.1. The number of ketones is 1. The van der Waals surface area contributed by atoms with Crippen LogP contribution in [0.5, 0.6) is 0 Å². The Kier molecular flexibility index (Phi) is 5.85. The van der Waals surface area contributed by atoms with Crippen molar-refractivity contribution >= 4 is 64.8 Å². The first-order valence-electron chi connectivity index (χ1n) is 3.09. The molecule has 1 radical (unpaired) electrons.